The van der Waals surface area contributed by atoms with Gasteiger partial charge >= 0.3 is 0 Å². The minimum Gasteiger partial charge on any atom is -0.507 e. The molecule has 1 amide bonds. The molecule has 1 aliphatic rings. The number of methoxy groups -OCH3 is 1. The van der Waals surface area contributed by atoms with Gasteiger partial charge in [0.25, 0.3) is 11.7 Å². The molecule has 1 saturated heterocycles. The maximum Gasteiger partial charge on any atom is 0.300 e. The normalized spacial score (nSPS) is 17.2. The number of amides is 1. The van der Waals surface area contributed by atoms with Gasteiger partial charge in [-0.05, 0) is 61.4 Å². The lowest BCUT2D eigenvalue weighted by Gasteiger charge is -2.27. The van der Waals surface area contributed by atoms with Crippen molar-refractivity contribution in [3.63, 3.8) is 0 Å². The number of aliphatic hydroxyl groups excluding tert-OH is 1. The van der Waals surface area contributed by atoms with E-state index in [2.05, 4.69) is 0 Å². The van der Waals surface area contributed by atoms with Crippen LogP contribution < -0.4 is 14.4 Å². The van der Waals surface area contributed by atoms with E-state index in [4.69, 9.17) is 21.1 Å². The minimum atomic E-state index is -0.885. The monoisotopic (exact) mass is 477 g/mol. The number of ether oxygens (including phenoxy) is 2. The summed E-state index contributed by atoms with van der Waals surface area (Å²) in [6.07, 6.45) is 0. The number of Topliss-reactive ketones (excluding diaryl/α,β-unsaturated/α-hetero) is 1. The number of halogens is 1. The Morgan fingerprint density at radius 1 is 1.03 bits per heavy atom. The number of para-hydroxylation sites is 1. The van der Waals surface area contributed by atoms with Crippen LogP contribution in [-0.4, -0.2) is 30.5 Å². The van der Waals surface area contributed by atoms with Crippen molar-refractivity contribution < 1.29 is 24.2 Å². The summed E-state index contributed by atoms with van der Waals surface area (Å²) in [5.41, 5.74) is 2.16. The molecule has 1 atom stereocenters. The number of aryl methyl sites for hydroxylation is 1. The van der Waals surface area contributed by atoms with Crippen LogP contribution in [0, 0.1) is 6.92 Å². The third kappa shape index (κ3) is 4.13. The van der Waals surface area contributed by atoms with Crippen molar-refractivity contribution >= 4 is 34.7 Å². The molecule has 0 radical (unpaired) electrons. The fraction of sp³-hybridized carbons (Fsp3) is 0.185. The predicted octanol–water partition coefficient (Wildman–Crippen LogP) is 5.68. The van der Waals surface area contributed by atoms with Crippen LogP contribution in [0.1, 0.15) is 29.7 Å². The third-order valence-electron chi connectivity index (χ3n) is 5.73. The van der Waals surface area contributed by atoms with Gasteiger partial charge in [-0.25, -0.2) is 0 Å². The molecule has 6 nitrogen and oxygen atoms in total. The van der Waals surface area contributed by atoms with Crippen LogP contribution in [0.2, 0.25) is 5.02 Å². The average molecular weight is 478 g/mol. The number of anilines is 1. The molecule has 4 rings (SSSR count). The van der Waals surface area contributed by atoms with Crippen LogP contribution in [0.4, 0.5) is 5.69 Å². The second-order valence-electron chi connectivity index (χ2n) is 7.81. The van der Waals surface area contributed by atoms with E-state index in [9.17, 15) is 14.7 Å². The number of nitrogens with zero attached hydrogens (tertiary/aromatic N) is 1. The number of benzene rings is 3. The highest BCUT2D eigenvalue weighted by molar-refractivity contribution is 6.52. The van der Waals surface area contributed by atoms with Crippen LogP contribution in [0.15, 0.2) is 72.3 Å². The summed E-state index contributed by atoms with van der Waals surface area (Å²) in [6.45, 7) is 4.19. The summed E-state index contributed by atoms with van der Waals surface area (Å²) in [5.74, 6) is -0.859. The quantitative estimate of drug-likeness (QED) is 0.281. The standard InChI is InChI=1S/C27H24ClNO5/c1-4-34-19-10-7-9-17(14-19)24-23(25(30)20-15-18(33-3)12-13-21(20)28)26(31)27(32)29(24)22-11-6-5-8-16(22)2/h5-15,24,30H,4H2,1-3H3/b25-23+. The van der Waals surface area contributed by atoms with Gasteiger partial charge in [-0.2, -0.15) is 0 Å². The zero-order valence-corrected chi connectivity index (χ0v) is 19.8. The summed E-state index contributed by atoms with van der Waals surface area (Å²) < 4.78 is 10.9. The van der Waals surface area contributed by atoms with Crippen molar-refractivity contribution in [2.45, 2.75) is 19.9 Å². The van der Waals surface area contributed by atoms with E-state index in [1.165, 1.54) is 18.1 Å². The Morgan fingerprint density at radius 2 is 1.79 bits per heavy atom. The maximum absolute atomic E-state index is 13.4. The zero-order valence-electron chi connectivity index (χ0n) is 19.0. The Kier molecular flexibility index (Phi) is 6.61. The van der Waals surface area contributed by atoms with Gasteiger partial charge in [-0.3, -0.25) is 14.5 Å². The molecule has 0 saturated carbocycles. The first-order chi connectivity index (χ1) is 16.4. The number of carbonyl (C=O) groups is 2. The van der Waals surface area contributed by atoms with E-state index in [1.54, 1.807) is 48.5 Å². The van der Waals surface area contributed by atoms with Gasteiger partial charge in [0.1, 0.15) is 17.3 Å². The van der Waals surface area contributed by atoms with Crippen molar-refractivity contribution in [3.05, 3.63) is 94.0 Å². The Balaban J connectivity index is 1.99. The summed E-state index contributed by atoms with van der Waals surface area (Å²) >= 11 is 6.37. The number of ketones is 1. The lowest BCUT2D eigenvalue weighted by atomic mass is 9.94. The number of hydrogen-bond donors (Lipinski definition) is 1. The molecule has 1 unspecified atom stereocenters. The van der Waals surface area contributed by atoms with Crippen molar-refractivity contribution in [1.29, 1.82) is 0 Å². The first kappa shape index (κ1) is 23.4. The molecule has 0 spiro atoms. The van der Waals surface area contributed by atoms with Crippen LogP contribution in [0.5, 0.6) is 11.5 Å². The van der Waals surface area contributed by atoms with E-state index in [-0.39, 0.29) is 21.9 Å². The Morgan fingerprint density at radius 3 is 2.50 bits per heavy atom. The lowest BCUT2D eigenvalue weighted by Crippen LogP contribution is -2.30. The Bertz CT molecular complexity index is 1300. The van der Waals surface area contributed by atoms with Crippen LogP contribution in [0.3, 0.4) is 0 Å². The first-order valence-electron chi connectivity index (χ1n) is 10.8. The molecule has 0 aliphatic carbocycles. The SMILES string of the molecule is CCOc1cccc(C2/C(=C(\O)c3cc(OC)ccc3Cl)C(=O)C(=O)N2c2ccccc2C)c1. The molecule has 0 bridgehead atoms. The van der Waals surface area contributed by atoms with Gasteiger partial charge in [-0.15, -0.1) is 0 Å². The van der Waals surface area contributed by atoms with Gasteiger partial charge in [0, 0.05) is 11.3 Å². The van der Waals surface area contributed by atoms with Crippen molar-refractivity contribution in [1.82, 2.24) is 0 Å². The van der Waals surface area contributed by atoms with E-state index >= 15 is 0 Å². The summed E-state index contributed by atoms with van der Waals surface area (Å²) in [7, 11) is 1.49. The highest BCUT2D eigenvalue weighted by atomic mass is 35.5. The molecule has 34 heavy (non-hydrogen) atoms. The summed E-state index contributed by atoms with van der Waals surface area (Å²) in [4.78, 5) is 28.1. The van der Waals surface area contributed by atoms with Gasteiger partial charge in [0.05, 0.1) is 30.4 Å². The van der Waals surface area contributed by atoms with Crippen LogP contribution in [0.25, 0.3) is 5.76 Å². The second-order valence-corrected chi connectivity index (χ2v) is 8.21. The molecule has 7 heteroatoms. The smallest absolute Gasteiger partial charge is 0.300 e. The molecule has 1 heterocycles. The molecule has 1 fully saturated rings. The fourth-order valence-corrected chi connectivity index (χ4v) is 4.34. The molecular formula is C27H24ClNO5. The van der Waals surface area contributed by atoms with Crippen LogP contribution in [-0.2, 0) is 9.59 Å². The van der Waals surface area contributed by atoms with Crippen LogP contribution >= 0.6 is 11.6 Å². The first-order valence-corrected chi connectivity index (χ1v) is 11.2. The number of carbonyl (C=O) groups excluding carboxylic acids is 2. The minimum absolute atomic E-state index is 0.0583. The highest BCUT2D eigenvalue weighted by Gasteiger charge is 2.47. The van der Waals surface area contributed by atoms with E-state index in [1.807, 2.05) is 26.0 Å². The fourth-order valence-electron chi connectivity index (χ4n) is 4.13. The molecule has 3 aromatic carbocycles. The Hall–Kier alpha value is -3.77. The summed E-state index contributed by atoms with van der Waals surface area (Å²) in [6, 6.07) is 18.3. The molecular weight excluding hydrogens is 454 g/mol. The zero-order chi connectivity index (χ0) is 24.4. The van der Waals surface area contributed by atoms with Gasteiger partial charge < -0.3 is 14.6 Å². The average Bonchev–Trinajstić information content (AvgIpc) is 3.10. The van der Waals surface area contributed by atoms with E-state index in [0.717, 1.165) is 5.56 Å². The van der Waals surface area contributed by atoms with E-state index in [0.29, 0.717) is 29.4 Å². The molecule has 1 aliphatic heterocycles. The van der Waals surface area contributed by atoms with Gasteiger partial charge in [0.2, 0.25) is 0 Å². The molecule has 3 aromatic rings. The van der Waals surface area contributed by atoms with E-state index < -0.39 is 17.7 Å². The highest BCUT2D eigenvalue weighted by Crippen LogP contribution is 2.44. The largest absolute Gasteiger partial charge is 0.507 e. The molecule has 0 aromatic heterocycles. The maximum atomic E-state index is 13.4. The predicted molar refractivity (Wildman–Crippen MR) is 132 cm³/mol. The molecule has 174 valence electrons. The van der Waals surface area contributed by atoms with Crippen molar-refractivity contribution in [2.24, 2.45) is 0 Å². The lowest BCUT2D eigenvalue weighted by molar-refractivity contribution is -0.132. The molecule has 1 N–H and O–H groups in total. The van der Waals surface area contributed by atoms with Crippen molar-refractivity contribution in [2.75, 3.05) is 18.6 Å². The van der Waals surface area contributed by atoms with Gasteiger partial charge in [0.15, 0.2) is 0 Å². The summed E-state index contributed by atoms with van der Waals surface area (Å²) in [5, 5.41) is 11.6. The number of rotatable bonds is 6. The van der Waals surface area contributed by atoms with Gasteiger partial charge in [-0.1, -0.05) is 41.9 Å². The topological polar surface area (TPSA) is 76.1 Å². The van der Waals surface area contributed by atoms with Crippen molar-refractivity contribution in [3.8, 4) is 11.5 Å². The Labute approximate surface area is 203 Å². The number of aliphatic hydroxyl groups is 1. The third-order valence-corrected chi connectivity index (χ3v) is 6.06. The second kappa shape index (κ2) is 9.61. The number of hydrogen-bond acceptors (Lipinski definition) is 5.